The number of aryl methyl sites for hydroxylation is 2. The number of hydrogen-bond acceptors (Lipinski definition) is 7. The Hall–Kier alpha value is -3.69. The molecule has 0 radical (unpaired) electrons. The van der Waals surface area contributed by atoms with Gasteiger partial charge in [-0.05, 0) is 67.4 Å². The van der Waals surface area contributed by atoms with Gasteiger partial charge in [-0.1, -0.05) is 23.4 Å². The van der Waals surface area contributed by atoms with Crippen molar-refractivity contribution in [2.75, 3.05) is 0 Å². The number of halogens is 1. The van der Waals surface area contributed by atoms with Crippen LogP contribution in [-0.2, 0) is 4.79 Å². The minimum atomic E-state index is -1.17. The van der Waals surface area contributed by atoms with E-state index in [9.17, 15) is 24.8 Å². The van der Waals surface area contributed by atoms with Crippen molar-refractivity contribution in [1.29, 1.82) is 0 Å². The summed E-state index contributed by atoms with van der Waals surface area (Å²) in [5, 5.41) is 21.3. The lowest BCUT2D eigenvalue weighted by atomic mass is 10.0. The van der Waals surface area contributed by atoms with Crippen LogP contribution in [-0.4, -0.2) is 26.8 Å². The third-order valence-corrected chi connectivity index (χ3v) is 6.59. The third-order valence-electron chi connectivity index (χ3n) is 5.22. The predicted molar refractivity (Wildman–Crippen MR) is 131 cm³/mol. The quantitative estimate of drug-likeness (QED) is 0.239. The third kappa shape index (κ3) is 4.80. The fourth-order valence-electron chi connectivity index (χ4n) is 3.36. The maximum atomic E-state index is 12.5. The lowest BCUT2D eigenvalue weighted by molar-refractivity contribution is -0.384. The lowest BCUT2D eigenvalue weighted by Gasteiger charge is -2.04. The molecule has 1 aliphatic rings. The van der Waals surface area contributed by atoms with E-state index in [2.05, 4.69) is 4.99 Å². The van der Waals surface area contributed by atoms with Gasteiger partial charge in [-0.25, -0.2) is 9.79 Å². The normalized spacial score (nSPS) is 15.9. The molecule has 0 unspecified atom stereocenters. The fraction of sp³-hybridized carbons (Fsp3) is 0.125. The first-order valence-electron chi connectivity index (χ1n) is 10.0. The van der Waals surface area contributed by atoms with Crippen LogP contribution in [0.25, 0.3) is 17.4 Å². The summed E-state index contributed by atoms with van der Waals surface area (Å²) >= 11 is 7.05. The average molecular weight is 497 g/mol. The molecule has 4 rings (SSSR count). The molecular weight excluding hydrogens is 480 g/mol. The highest BCUT2D eigenvalue weighted by molar-refractivity contribution is 8.19. The Balaban J connectivity index is 1.60. The molecule has 0 aliphatic carbocycles. The number of aromatic carboxylic acids is 1. The van der Waals surface area contributed by atoms with Gasteiger partial charge in [0.15, 0.2) is 5.78 Å². The number of furan rings is 1. The van der Waals surface area contributed by atoms with Crippen molar-refractivity contribution in [3.8, 4) is 11.3 Å². The smallest absolute Gasteiger partial charge is 0.337 e. The minimum Gasteiger partial charge on any atom is -0.478 e. The fourth-order valence-corrected chi connectivity index (χ4v) is 4.53. The maximum Gasteiger partial charge on any atom is 0.337 e. The Morgan fingerprint density at radius 3 is 2.65 bits per heavy atom. The molecule has 10 heteroatoms. The lowest BCUT2D eigenvalue weighted by Crippen LogP contribution is -1.97. The zero-order chi connectivity index (χ0) is 24.6. The molecule has 34 heavy (non-hydrogen) atoms. The van der Waals surface area contributed by atoms with Gasteiger partial charge < -0.3 is 9.52 Å². The number of allylic oxidation sites excluding steroid dienone is 1. The van der Waals surface area contributed by atoms with E-state index in [0.29, 0.717) is 32.7 Å². The van der Waals surface area contributed by atoms with Gasteiger partial charge in [-0.15, -0.1) is 0 Å². The Labute approximate surface area is 203 Å². The van der Waals surface area contributed by atoms with Crippen molar-refractivity contribution in [2.45, 2.75) is 20.3 Å². The maximum absolute atomic E-state index is 12.5. The molecule has 2 aromatic carbocycles. The molecule has 1 N–H and O–H groups in total. The molecule has 172 valence electrons. The number of nitro benzene ring substituents is 1. The number of hydrogen-bond donors (Lipinski definition) is 1. The van der Waals surface area contributed by atoms with Crippen LogP contribution in [0.5, 0.6) is 0 Å². The summed E-state index contributed by atoms with van der Waals surface area (Å²) < 4.78 is 5.81. The first kappa shape index (κ1) is 23.5. The molecule has 8 nitrogen and oxygen atoms in total. The second-order valence-corrected chi connectivity index (χ2v) is 9.12. The number of nitrogens with zero attached hydrogens (tertiary/aromatic N) is 2. The van der Waals surface area contributed by atoms with Crippen LogP contribution in [0, 0.1) is 24.0 Å². The van der Waals surface area contributed by atoms with E-state index < -0.39 is 10.9 Å². The summed E-state index contributed by atoms with van der Waals surface area (Å²) in [6, 6.07) is 10.9. The highest BCUT2D eigenvalue weighted by Crippen LogP contribution is 2.37. The van der Waals surface area contributed by atoms with Crippen LogP contribution < -0.4 is 0 Å². The number of rotatable bonds is 5. The predicted octanol–water partition coefficient (Wildman–Crippen LogP) is 6.60. The molecule has 3 aromatic rings. The highest BCUT2D eigenvalue weighted by Gasteiger charge is 2.26. The van der Waals surface area contributed by atoms with E-state index in [0.717, 1.165) is 22.9 Å². The van der Waals surface area contributed by atoms with Gasteiger partial charge in [-0.3, -0.25) is 14.9 Å². The first-order valence-corrected chi connectivity index (χ1v) is 11.2. The van der Waals surface area contributed by atoms with Crippen LogP contribution >= 0.6 is 23.4 Å². The standard InChI is InChI=1S/C24H17ClN2O6S/c1-12-7-17(19(27(31)32)8-13(12)2)21-6-4-15(33-21)10-22-20(28)11-23(34-22)26-14-3-5-18(25)16(9-14)24(29)30/h3-10H,11H2,1-2H3,(H,29,30)/b22-10+,26-23?. The number of carboxylic acids is 1. The second kappa shape index (κ2) is 9.28. The van der Waals surface area contributed by atoms with Crippen molar-refractivity contribution >= 4 is 57.6 Å². The molecule has 1 aliphatic heterocycles. The number of carboxylic acid groups (broad SMARTS) is 1. The van der Waals surface area contributed by atoms with E-state index in [1.54, 1.807) is 37.3 Å². The molecule has 1 saturated heterocycles. The second-order valence-electron chi connectivity index (χ2n) is 7.60. The van der Waals surface area contributed by atoms with Crippen molar-refractivity contribution in [3.63, 3.8) is 0 Å². The van der Waals surface area contributed by atoms with Crippen molar-refractivity contribution in [3.05, 3.63) is 85.0 Å². The number of Topliss-reactive ketones (excluding diaryl/α,β-unsaturated/α-hetero) is 1. The molecule has 0 amide bonds. The summed E-state index contributed by atoms with van der Waals surface area (Å²) in [6.07, 6.45) is 1.63. The van der Waals surface area contributed by atoms with Crippen LogP contribution in [0.15, 0.2) is 56.8 Å². The van der Waals surface area contributed by atoms with Crippen LogP contribution in [0.4, 0.5) is 11.4 Å². The van der Waals surface area contributed by atoms with Gasteiger partial charge in [0.05, 0.1) is 43.1 Å². The summed E-state index contributed by atoms with van der Waals surface area (Å²) in [4.78, 5) is 39.6. The molecule has 1 fully saturated rings. The Kier molecular flexibility index (Phi) is 6.41. The van der Waals surface area contributed by atoms with Gasteiger partial charge in [0.1, 0.15) is 11.5 Å². The van der Waals surface area contributed by atoms with Crippen LogP contribution in [0.1, 0.15) is 33.7 Å². The average Bonchev–Trinajstić information content (AvgIpc) is 3.37. The van der Waals surface area contributed by atoms with E-state index in [4.69, 9.17) is 16.0 Å². The number of carbonyl (C=O) groups is 2. The van der Waals surface area contributed by atoms with E-state index in [-0.39, 0.29) is 28.5 Å². The van der Waals surface area contributed by atoms with Gasteiger partial charge in [0, 0.05) is 6.07 Å². The van der Waals surface area contributed by atoms with E-state index >= 15 is 0 Å². The zero-order valence-corrected chi connectivity index (χ0v) is 19.6. The number of thioether (sulfide) groups is 1. The Morgan fingerprint density at radius 1 is 1.21 bits per heavy atom. The molecule has 2 heterocycles. The number of ketones is 1. The molecule has 0 bridgehead atoms. The van der Waals surface area contributed by atoms with Crippen molar-refractivity contribution < 1.29 is 24.0 Å². The molecular formula is C24H17ClN2O6S. The summed E-state index contributed by atoms with van der Waals surface area (Å²) in [6.45, 7) is 3.67. The number of carbonyl (C=O) groups excluding carboxylic acids is 1. The number of nitro groups is 1. The largest absolute Gasteiger partial charge is 0.478 e. The Morgan fingerprint density at radius 2 is 1.94 bits per heavy atom. The SMILES string of the molecule is Cc1cc(-c2ccc(/C=C3/SC(=Nc4ccc(Cl)c(C(=O)O)c4)CC3=O)o2)c([N+](=O)[O-])cc1C. The van der Waals surface area contributed by atoms with Crippen LogP contribution in [0.3, 0.4) is 0 Å². The molecule has 0 spiro atoms. The highest BCUT2D eigenvalue weighted by atomic mass is 35.5. The summed E-state index contributed by atoms with van der Waals surface area (Å²) in [7, 11) is 0. The Bertz CT molecular complexity index is 1420. The minimum absolute atomic E-state index is 0.0546. The van der Waals surface area contributed by atoms with Crippen LogP contribution in [0.2, 0.25) is 5.02 Å². The van der Waals surface area contributed by atoms with E-state index in [1.807, 2.05) is 6.92 Å². The van der Waals surface area contributed by atoms with Gasteiger partial charge in [0.2, 0.25) is 0 Å². The summed E-state index contributed by atoms with van der Waals surface area (Å²) in [5.74, 6) is -0.626. The van der Waals surface area contributed by atoms with Crippen molar-refractivity contribution in [2.24, 2.45) is 4.99 Å². The van der Waals surface area contributed by atoms with E-state index in [1.165, 1.54) is 18.2 Å². The summed E-state index contributed by atoms with van der Waals surface area (Å²) in [5.41, 5.74) is 2.31. The van der Waals surface area contributed by atoms with Gasteiger partial charge in [0.25, 0.3) is 5.69 Å². The van der Waals surface area contributed by atoms with Crippen molar-refractivity contribution in [1.82, 2.24) is 0 Å². The molecule has 0 saturated carbocycles. The molecule has 1 aromatic heterocycles. The first-order chi connectivity index (χ1) is 16.1. The van der Waals surface area contributed by atoms with Gasteiger partial charge >= 0.3 is 5.97 Å². The molecule has 0 atom stereocenters. The monoisotopic (exact) mass is 496 g/mol. The zero-order valence-electron chi connectivity index (χ0n) is 18.0. The van der Waals surface area contributed by atoms with Gasteiger partial charge in [-0.2, -0.15) is 0 Å². The number of benzene rings is 2. The topological polar surface area (TPSA) is 123 Å². The number of aliphatic imine (C=N–C) groups is 1.